The summed E-state index contributed by atoms with van der Waals surface area (Å²) >= 11 is 0. The molecule has 0 aromatic heterocycles. The number of rotatable bonds is 7. The highest BCUT2D eigenvalue weighted by Gasteiger charge is 2.21. The van der Waals surface area contributed by atoms with Gasteiger partial charge in [0.1, 0.15) is 5.54 Å². The smallest absolute Gasteiger partial charge is 0.104 e. The van der Waals surface area contributed by atoms with Crippen molar-refractivity contribution in [2.75, 3.05) is 26.7 Å². The van der Waals surface area contributed by atoms with Crippen molar-refractivity contribution in [1.29, 1.82) is 5.26 Å². The third kappa shape index (κ3) is 4.59. The molecule has 0 aliphatic heterocycles. The second-order valence-corrected chi connectivity index (χ2v) is 3.88. The van der Waals surface area contributed by atoms with Crippen LogP contribution in [0.4, 0.5) is 0 Å². The monoisotopic (exact) mass is 197 g/mol. The van der Waals surface area contributed by atoms with Crippen LogP contribution in [0.5, 0.6) is 0 Å². The molecule has 0 saturated carbocycles. The van der Waals surface area contributed by atoms with Crippen molar-refractivity contribution < 1.29 is 0 Å². The molecule has 0 heterocycles. The Morgan fingerprint density at radius 1 is 1.36 bits per heavy atom. The van der Waals surface area contributed by atoms with Crippen molar-refractivity contribution in [2.45, 2.75) is 39.2 Å². The van der Waals surface area contributed by atoms with Crippen LogP contribution in [0.15, 0.2) is 0 Å². The molecule has 0 fully saturated rings. The Kier molecular flexibility index (Phi) is 6.52. The molecule has 1 N–H and O–H groups in total. The van der Waals surface area contributed by atoms with Gasteiger partial charge in [-0.3, -0.25) is 0 Å². The zero-order valence-corrected chi connectivity index (χ0v) is 9.93. The quantitative estimate of drug-likeness (QED) is 0.674. The van der Waals surface area contributed by atoms with E-state index in [-0.39, 0.29) is 5.54 Å². The van der Waals surface area contributed by atoms with E-state index in [9.17, 15) is 0 Å². The normalized spacial score (nSPS) is 15.1. The van der Waals surface area contributed by atoms with E-state index in [1.807, 2.05) is 14.0 Å². The molecule has 0 saturated heterocycles. The van der Waals surface area contributed by atoms with Crippen LogP contribution < -0.4 is 5.32 Å². The molecule has 3 heteroatoms. The lowest BCUT2D eigenvalue weighted by Gasteiger charge is -2.26. The maximum atomic E-state index is 8.97. The molecular weight excluding hydrogens is 174 g/mol. The lowest BCUT2D eigenvalue weighted by molar-refractivity contribution is 0.259. The fourth-order valence-electron chi connectivity index (χ4n) is 1.36. The Morgan fingerprint density at radius 3 is 2.36 bits per heavy atom. The molecule has 0 spiro atoms. The van der Waals surface area contributed by atoms with Crippen molar-refractivity contribution in [3.8, 4) is 6.07 Å². The highest BCUT2D eigenvalue weighted by molar-refractivity contribution is 5.03. The molecule has 14 heavy (non-hydrogen) atoms. The number of hydrogen-bond donors (Lipinski definition) is 1. The molecule has 82 valence electrons. The summed E-state index contributed by atoms with van der Waals surface area (Å²) in [5.74, 6) is 0. The number of nitrogens with one attached hydrogen (secondary N) is 1. The molecule has 0 bridgehead atoms. The topological polar surface area (TPSA) is 39.1 Å². The van der Waals surface area contributed by atoms with Gasteiger partial charge in [-0.15, -0.1) is 0 Å². The van der Waals surface area contributed by atoms with Gasteiger partial charge in [0.2, 0.25) is 0 Å². The first-order valence-corrected chi connectivity index (χ1v) is 5.44. The van der Waals surface area contributed by atoms with E-state index >= 15 is 0 Å². The van der Waals surface area contributed by atoms with Crippen molar-refractivity contribution in [1.82, 2.24) is 10.2 Å². The van der Waals surface area contributed by atoms with Crippen LogP contribution in [0.2, 0.25) is 0 Å². The van der Waals surface area contributed by atoms with E-state index in [4.69, 9.17) is 5.26 Å². The SMILES string of the molecule is CCCN(CC)CCC(C)(C#N)NC. The van der Waals surface area contributed by atoms with E-state index in [2.05, 4.69) is 30.1 Å². The van der Waals surface area contributed by atoms with Gasteiger partial charge in [-0.2, -0.15) is 5.26 Å². The average molecular weight is 197 g/mol. The lowest BCUT2D eigenvalue weighted by atomic mass is 10.00. The van der Waals surface area contributed by atoms with E-state index in [0.717, 1.165) is 26.1 Å². The van der Waals surface area contributed by atoms with E-state index < -0.39 is 0 Å². The van der Waals surface area contributed by atoms with Crippen LogP contribution in [-0.4, -0.2) is 37.1 Å². The first kappa shape index (κ1) is 13.4. The van der Waals surface area contributed by atoms with Gasteiger partial charge < -0.3 is 10.2 Å². The molecule has 0 aliphatic rings. The van der Waals surface area contributed by atoms with Crippen LogP contribution in [-0.2, 0) is 0 Å². The zero-order chi connectivity index (χ0) is 11.0. The van der Waals surface area contributed by atoms with Crippen molar-refractivity contribution in [2.24, 2.45) is 0 Å². The summed E-state index contributed by atoms with van der Waals surface area (Å²) in [6, 6.07) is 2.31. The van der Waals surface area contributed by atoms with Gasteiger partial charge in [0, 0.05) is 6.54 Å². The fraction of sp³-hybridized carbons (Fsp3) is 0.909. The molecule has 0 aromatic rings. The van der Waals surface area contributed by atoms with Crippen LogP contribution in [0.1, 0.15) is 33.6 Å². The summed E-state index contributed by atoms with van der Waals surface area (Å²) in [6.45, 7) is 9.49. The predicted molar refractivity (Wildman–Crippen MR) is 60.1 cm³/mol. The van der Waals surface area contributed by atoms with Crippen molar-refractivity contribution in [3.05, 3.63) is 0 Å². The second-order valence-electron chi connectivity index (χ2n) is 3.88. The summed E-state index contributed by atoms with van der Waals surface area (Å²) in [5.41, 5.74) is -0.374. The van der Waals surface area contributed by atoms with Gasteiger partial charge in [-0.05, 0) is 39.9 Å². The predicted octanol–water partition coefficient (Wildman–Crippen LogP) is 1.61. The van der Waals surface area contributed by atoms with Crippen LogP contribution in [0.25, 0.3) is 0 Å². The molecule has 3 nitrogen and oxygen atoms in total. The standard InChI is InChI=1S/C11H23N3/c1-5-8-14(6-2)9-7-11(3,10-12)13-4/h13H,5-9H2,1-4H3. The van der Waals surface area contributed by atoms with Gasteiger partial charge >= 0.3 is 0 Å². The first-order chi connectivity index (χ1) is 6.61. The Bertz CT molecular complexity index is 185. The molecule has 0 amide bonds. The fourth-order valence-corrected chi connectivity index (χ4v) is 1.36. The summed E-state index contributed by atoms with van der Waals surface area (Å²) in [4.78, 5) is 2.38. The zero-order valence-electron chi connectivity index (χ0n) is 9.93. The summed E-state index contributed by atoms with van der Waals surface area (Å²) in [5, 5.41) is 12.0. The van der Waals surface area contributed by atoms with Gasteiger partial charge in [-0.1, -0.05) is 13.8 Å². The third-order valence-electron chi connectivity index (χ3n) is 2.71. The lowest BCUT2D eigenvalue weighted by Crippen LogP contribution is -2.41. The van der Waals surface area contributed by atoms with E-state index in [1.54, 1.807) is 0 Å². The third-order valence-corrected chi connectivity index (χ3v) is 2.71. The summed E-state index contributed by atoms with van der Waals surface area (Å²) in [7, 11) is 1.85. The minimum absolute atomic E-state index is 0.374. The Hall–Kier alpha value is -0.590. The minimum Gasteiger partial charge on any atom is -0.304 e. The van der Waals surface area contributed by atoms with Gasteiger partial charge in [0.15, 0.2) is 0 Å². The van der Waals surface area contributed by atoms with Gasteiger partial charge in [-0.25, -0.2) is 0 Å². The maximum absolute atomic E-state index is 8.97. The van der Waals surface area contributed by atoms with Crippen LogP contribution >= 0.6 is 0 Å². The van der Waals surface area contributed by atoms with Crippen molar-refractivity contribution in [3.63, 3.8) is 0 Å². The number of hydrogen-bond acceptors (Lipinski definition) is 3. The van der Waals surface area contributed by atoms with E-state index in [1.165, 1.54) is 6.42 Å². The maximum Gasteiger partial charge on any atom is 0.104 e. The molecule has 0 rings (SSSR count). The van der Waals surface area contributed by atoms with Crippen LogP contribution in [0, 0.1) is 11.3 Å². The summed E-state index contributed by atoms with van der Waals surface area (Å²) in [6.07, 6.45) is 2.06. The minimum atomic E-state index is -0.374. The molecule has 0 aromatic carbocycles. The summed E-state index contributed by atoms with van der Waals surface area (Å²) < 4.78 is 0. The average Bonchev–Trinajstić information content (AvgIpc) is 2.23. The Labute approximate surface area is 88.1 Å². The number of nitriles is 1. The number of nitrogens with zero attached hydrogens (tertiary/aromatic N) is 2. The highest BCUT2D eigenvalue weighted by atomic mass is 15.1. The molecular formula is C11H23N3. The van der Waals surface area contributed by atoms with Gasteiger partial charge in [0.05, 0.1) is 6.07 Å². The van der Waals surface area contributed by atoms with E-state index in [0.29, 0.717) is 0 Å². The molecule has 1 atom stereocenters. The van der Waals surface area contributed by atoms with Gasteiger partial charge in [0.25, 0.3) is 0 Å². The second kappa shape index (κ2) is 6.80. The Morgan fingerprint density at radius 2 is 2.00 bits per heavy atom. The Balaban J connectivity index is 3.95. The molecule has 1 unspecified atom stereocenters. The largest absolute Gasteiger partial charge is 0.304 e. The van der Waals surface area contributed by atoms with Crippen LogP contribution in [0.3, 0.4) is 0 Å². The molecule has 0 radical (unpaired) electrons. The van der Waals surface area contributed by atoms with Crippen molar-refractivity contribution >= 4 is 0 Å². The highest BCUT2D eigenvalue weighted by Crippen LogP contribution is 2.08. The molecule has 0 aliphatic carbocycles. The first-order valence-electron chi connectivity index (χ1n) is 5.44.